The molecule has 1 N–H and O–H groups in total. The van der Waals surface area contributed by atoms with E-state index in [1.807, 2.05) is 0 Å². The van der Waals surface area contributed by atoms with Crippen LogP contribution in [0.25, 0.3) is 0 Å². The molecule has 0 spiro atoms. The van der Waals surface area contributed by atoms with Gasteiger partial charge in [-0.05, 0) is 18.6 Å². The molecule has 0 bridgehead atoms. The minimum atomic E-state index is -3.69. The topological polar surface area (TPSA) is 76.1 Å². The molecular formula is C13H13ClN2O3S2. The highest BCUT2D eigenvalue weighted by Gasteiger charge is 2.22. The van der Waals surface area contributed by atoms with Crippen molar-refractivity contribution in [2.24, 2.45) is 0 Å². The lowest BCUT2D eigenvalue weighted by Gasteiger charge is -2.06. The average molecular weight is 345 g/mol. The van der Waals surface area contributed by atoms with Crippen molar-refractivity contribution in [2.75, 3.05) is 5.75 Å². The molecule has 1 aromatic carbocycles. The van der Waals surface area contributed by atoms with Gasteiger partial charge in [0.2, 0.25) is 20.1 Å². The Balaban J connectivity index is 1.97. The number of nitrogens with zero attached hydrogens (tertiary/aromatic N) is 1. The fourth-order valence-electron chi connectivity index (χ4n) is 1.60. The summed E-state index contributed by atoms with van der Waals surface area (Å²) in [5, 5.41) is 4.70. The van der Waals surface area contributed by atoms with Gasteiger partial charge in [-0.2, -0.15) is 0 Å². The maximum absolute atomic E-state index is 12.0. The van der Waals surface area contributed by atoms with Crippen LogP contribution in [0.5, 0.6) is 0 Å². The number of thiazole rings is 1. The van der Waals surface area contributed by atoms with E-state index in [4.69, 9.17) is 11.6 Å². The first-order chi connectivity index (χ1) is 9.88. The number of halogens is 1. The predicted octanol–water partition coefficient (Wildman–Crippen LogP) is 2.20. The van der Waals surface area contributed by atoms with Gasteiger partial charge in [-0.15, -0.1) is 11.3 Å². The van der Waals surface area contributed by atoms with Gasteiger partial charge < -0.3 is 5.32 Å². The number of nitrogens with one attached hydrogen (secondary N) is 1. The molecule has 0 aliphatic carbocycles. The van der Waals surface area contributed by atoms with Crippen LogP contribution in [0.2, 0.25) is 5.02 Å². The molecule has 0 atom stereocenters. The lowest BCUT2D eigenvalue weighted by Crippen LogP contribution is -2.30. The summed E-state index contributed by atoms with van der Waals surface area (Å²) in [6.45, 7) is 1.89. The third kappa shape index (κ3) is 4.26. The molecule has 0 saturated carbocycles. The van der Waals surface area contributed by atoms with Crippen LogP contribution in [-0.4, -0.2) is 25.1 Å². The van der Waals surface area contributed by atoms with Crippen molar-refractivity contribution in [3.63, 3.8) is 0 Å². The van der Waals surface area contributed by atoms with Crippen molar-refractivity contribution in [1.29, 1.82) is 0 Å². The van der Waals surface area contributed by atoms with Crippen LogP contribution in [0.4, 0.5) is 0 Å². The monoisotopic (exact) mass is 344 g/mol. The zero-order chi connectivity index (χ0) is 15.5. The van der Waals surface area contributed by atoms with E-state index in [0.29, 0.717) is 10.7 Å². The number of rotatable bonds is 5. The fraction of sp³-hybridized carbons (Fsp3) is 0.231. The summed E-state index contributed by atoms with van der Waals surface area (Å²) < 4.78 is 24.0. The summed E-state index contributed by atoms with van der Waals surface area (Å²) in [5.41, 5.74) is 1.35. The molecule has 1 heterocycles. The Morgan fingerprint density at radius 1 is 1.38 bits per heavy atom. The molecule has 8 heteroatoms. The highest BCUT2D eigenvalue weighted by Crippen LogP contribution is 2.17. The number of hydrogen-bond acceptors (Lipinski definition) is 5. The highest BCUT2D eigenvalue weighted by atomic mass is 35.5. The van der Waals surface area contributed by atoms with Gasteiger partial charge in [-0.25, -0.2) is 13.4 Å². The maximum Gasteiger partial charge on any atom is 0.235 e. The maximum atomic E-state index is 12.0. The first kappa shape index (κ1) is 15.9. The standard InChI is InChI=1S/C13H13ClN2O3S2/c1-9-7-20-13(16-9)21(18,19)8-12(17)15-6-10-4-2-3-5-11(10)14/h2-5,7H,6,8H2,1H3,(H,15,17). The van der Waals surface area contributed by atoms with Crippen LogP contribution in [0.15, 0.2) is 34.0 Å². The van der Waals surface area contributed by atoms with Crippen molar-refractivity contribution in [3.05, 3.63) is 45.9 Å². The Kier molecular flexibility index (Phi) is 4.97. The molecule has 0 radical (unpaired) electrons. The molecule has 0 aliphatic rings. The second-order valence-corrected chi connectivity index (χ2v) is 7.81. The number of benzene rings is 1. The molecule has 1 aromatic heterocycles. The number of hydrogen-bond donors (Lipinski definition) is 1. The number of aryl methyl sites for hydroxylation is 1. The molecule has 21 heavy (non-hydrogen) atoms. The number of carbonyl (C=O) groups is 1. The van der Waals surface area contributed by atoms with E-state index < -0.39 is 21.5 Å². The van der Waals surface area contributed by atoms with Gasteiger partial charge in [0.15, 0.2) is 0 Å². The van der Waals surface area contributed by atoms with Gasteiger partial charge >= 0.3 is 0 Å². The highest BCUT2D eigenvalue weighted by molar-refractivity contribution is 7.93. The zero-order valence-electron chi connectivity index (χ0n) is 11.2. The molecule has 0 fully saturated rings. The van der Waals surface area contributed by atoms with E-state index in [9.17, 15) is 13.2 Å². The molecule has 2 rings (SSSR count). The smallest absolute Gasteiger partial charge is 0.235 e. The number of amides is 1. The van der Waals surface area contributed by atoms with Crippen LogP contribution in [0.3, 0.4) is 0 Å². The summed E-state index contributed by atoms with van der Waals surface area (Å²) in [4.78, 5) is 15.7. The van der Waals surface area contributed by atoms with Crippen LogP contribution < -0.4 is 5.32 Å². The van der Waals surface area contributed by atoms with E-state index in [0.717, 1.165) is 16.9 Å². The molecule has 0 aliphatic heterocycles. The summed E-state index contributed by atoms with van der Waals surface area (Å²) in [7, 11) is -3.69. The molecule has 1 amide bonds. The van der Waals surface area contributed by atoms with Crippen LogP contribution in [0.1, 0.15) is 11.3 Å². The quantitative estimate of drug-likeness (QED) is 0.902. The van der Waals surface area contributed by atoms with Gasteiger partial charge in [0.1, 0.15) is 5.75 Å². The van der Waals surface area contributed by atoms with Crippen molar-refractivity contribution < 1.29 is 13.2 Å². The van der Waals surface area contributed by atoms with Crippen molar-refractivity contribution >= 4 is 38.7 Å². The molecule has 5 nitrogen and oxygen atoms in total. The van der Waals surface area contributed by atoms with E-state index in [1.54, 1.807) is 36.6 Å². The Labute approximate surface area is 131 Å². The molecule has 0 unspecified atom stereocenters. The molecular weight excluding hydrogens is 332 g/mol. The first-order valence-electron chi connectivity index (χ1n) is 6.03. The van der Waals surface area contributed by atoms with Gasteiger partial charge in [-0.1, -0.05) is 29.8 Å². The predicted molar refractivity (Wildman–Crippen MR) is 82.2 cm³/mol. The minimum absolute atomic E-state index is 0.0344. The Bertz CT molecular complexity index is 756. The van der Waals surface area contributed by atoms with Gasteiger partial charge in [0.05, 0.1) is 0 Å². The SMILES string of the molecule is Cc1csc(S(=O)(=O)CC(=O)NCc2ccccc2Cl)n1. The van der Waals surface area contributed by atoms with Gasteiger partial charge in [0, 0.05) is 22.6 Å². The zero-order valence-corrected chi connectivity index (χ0v) is 13.6. The Morgan fingerprint density at radius 2 is 2.10 bits per heavy atom. The largest absolute Gasteiger partial charge is 0.351 e. The van der Waals surface area contributed by atoms with Crippen LogP contribution >= 0.6 is 22.9 Å². The van der Waals surface area contributed by atoms with E-state index >= 15 is 0 Å². The Hall–Kier alpha value is -1.44. The van der Waals surface area contributed by atoms with Crippen molar-refractivity contribution in [1.82, 2.24) is 10.3 Å². The van der Waals surface area contributed by atoms with Crippen LogP contribution in [-0.2, 0) is 21.2 Å². The summed E-state index contributed by atoms with van der Waals surface area (Å²) in [6, 6.07) is 7.05. The first-order valence-corrected chi connectivity index (χ1v) is 8.94. The van der Waals surface area contributed by atoms with Crippen molar-refractivity contribution in [3.8, 4) is 0 Å². The van der Waals surface area contributed by atoms with E-state index in [2.05, 4.69) is 10.3 Å². The summed E-state index contributed by atoms with van der Waals surface area (Å²) in [5.74, 6) is -1.20. The number of carbonyl (C=O) groups excluding carboxylic acids is 1. The molecule has 112 valence electrons. The van der Waals surface area contributed by atoms with E-state index in [1.165, 1.54) is 0 Å². The van der Waals surface area contributed by atoms with Crippen LogP contribution in [0, 0.1) is 6.92 Å². The Morgan fingerprint density at radius 3 is 2.71 bits per heavy atom. The summed E-state index contributed by atoms with van der Waals surface area (Å²) in [6.07, 6.45) is 0. The van der Waals surface area contributed by atoms with Gasteiger partial charge in [0.25, 0.3) is 0 Å². The second-order valence-electron chi connectivity index (χ2n) is 4.38. The number of aromatic nitrogens is 1. The lowest BCUT2D eigenvalue weighted by molar-refractivity contribution is -0.118. The second kappa shape index (κ2) is 6.55. The van der Waals surface area contributed by atoms with E-state index in [-0.39, 0.29) is 10.9 Å². The fourth-order valence-corrected chi connectivity index (χ4v) is 4.08. The average Bonchev–Trinajstić information content (AvgIpc) is 2.85. The lowest BCUT2D eigenvalue weighted by atomic mass is 10.2. The molecule has 2 aromatic rings. The summed E-state index contributed by atoms with van der Waals surface area (Å²) >= 11 is 6.98. The third-order valence-electron chi connectivity index (χ3n) is 2.62. The van der Waals surface area contributed by atoms with Crippen molar-refractivity contribution in [2.45, 2.75) is 17.8 Å². The van der Waals surface area contributed by atoms with Gasteiger partial charge in [-0.3, -0.25) is 4.79 Å². The normalized spacial score (nSPS) is 11.3. The third-order valence-corrected chi connectivity index (χ3v) is 6.06. The minimum Gasteiger partial charge on any atom is -0.351 e. The number of sulfone groups is 1. The molecule has 0 saturated heterocycles.